The summed E-state index contributed by atoms with van der Waals surface area (Å²) in [5.74, 6) is 0.942. The zero-order chi connectivity index (χ0) is 14.7. The van der Waals surface area contributed by atoms with E-state index >= 15 is 0 Å². The van der Waals surface area contributed by atoms with E-state index in [1.54, 1.807) is 17.0 Å². The molecule has 1 saturated heterocycles. The molecule has 1 fully saturated rings. The Morgan fingerprint density at radius 3 is 2.24 bits per heavy atom. The minimum atomic E-state index is -0.296. The van der Waals surface area contributed by atoms with Crippen molar-refractivity contribution in [2.45, 2.75) is 6.54 Å². The zero-order valence-corrected chi connectivity index (χ0v) is 11.3. The molecule has 0 radical (unpaired) electrons. The van der Waals surface area contributed by atoms with E-state index in [2.05, 4.69) is 0 Å². The van der Waals surface area contributed by atoms with Crippen LogP contribution in [0, 0.1) is 5.82 Å². The summed E-state index contributed by atoms with van der Waals surface area (Å²) >= 11 is 0. The monoisotopic (exact) mass is 287 g/mol. The standard InChI is InChI=1S/C16H14FNO3/c17-13-3-7-15(8-4-13)21-14-5-1-12(2-6-14)11-18-9-10-20-16(18)19/h1-8H,9-11H2. The Morgan fingerprint density at radius 1 is 1.05 bits per heavy atom. The molecule has 0 spiro atoms. The molecule has 1 aliphatic heterocycles. The molecule has 2 aromatic carbocycles. The van der Waals surface area contributed by atoms with Gasteiger partial charge in [0, 0.05) is 6.54 Å². The summed E-state index contributed by atoms with van der Waals surface area (Å²) in [5, 5.41) is 0. The number of ether oxygens (including phenoxy) is 2. The second-order valence-corrected chi connectivity index (χ2v) is 4.74. The fourth-order valence-electron chi connectivity index (χ4n) is 2.09. The summed E-state index contributed by atoms with van der Waals surface area (Å²) in [5.41, 5.74) is 1.00. The van der Waals surface area contributed by atoms with Gasteiger partial charge in [0.15, 0.2) is 0 Å². The molecule has 0 bridgehead atoms. The van der Waals surface area contributed by atoms with Crippen LogP contribution in [0.4, 0.5) is 9.18 Å². The number of hydrogen-bond donors (Lipinski definition) is 0. The van der Waals surface area contributed by atoms with Crippen LogP contribution in [0.25, 0.3) is 0 Å². The van der Waals surface area contributed by atoms with Crippen LogP contribution in [0.3, 0.4) is 0 Å². The first-order valence-corrected chi connectivity index (χ1v) is 6.65. The Morgan fingerprint density at radius 2 is 1.67 bits per heavy atom. The van der Waals surface area contributed by atoms with Gasteiger partial charge < -0.3 is 14.4 Å². The Labute approximate surface area is 121 Å². The molecule has 0 N–H and O–H groups in total. The van der Waals surface area contributed by atoms with Gasteiger partial charge in [-0.1, -0.05) is 12.1 Å². The van der Waals surface area contributed by atoms with E-state index in [-0.39, 0.29) is 11.9 Å². The van der Waals surface area contributed by atoms with Gasteiger partial charge in [-0.25, -0.2) is 9.18 Å². The largest absolute Gasteiger partial charge is 0.457 e. The number of carbonyl (C=O) groups excluding carboxylic acids is 1. The molecular weight excluding hydrogens is 273 g/mol. The van der Waals surface area contributed by atoms with Gasteiger partial charge in [0.25, 0.3) is 0 Å². The lowest BCUT2D eigenvalue weighted by molar-refractivity contribution is 0.157. The number of carbonyl (C=O) groups is 1. The van der Waals surface area contributed by atoms with Crippen LogP contribution in [-0.4, -0.2) is 24.1 Å². The number of rotatable bonds is 4. The number of hydrogen-bond acceptors (Lipinski definition) is 3. The van der Waals surface area contributed by atoms with Crippen LogP contribution in [-0.2, 0) is 11.3 Å². The van der Waals surface area contributed by atoms with Crippen molar-refractivity contribution in [1.82, 2.24) is 4.90 Å². The topological polar surface area (TPSA) is 38.8 Å². The normalized spacial score (nSPS) is 14.1. The van der Waals surface area contributed by atoms with E-state index in [1.807, 2.05) is 24.3 Å². The third-order valence-corrected chi connectivity index (χ3v) is 3.19. The van der Waals surface area contributed by atoms with Crippen molar-refractivity contribution in [3.8, 4) is 11.5 Å². The van der Waals surface area contributed by atoms with Crippen molar-refractivity contribution in [2.24, 2.45) is 0 Å². The molecule has 5 heteroatoms. The molecule has 0 unspecified atom stereocenters. The van der Waals surface area contributed by atoms with Crippen LogP contribution in [0.2, 0.25) is 0 Å². The highest BCUT2D eigenvalue weighted by Crippen LogP contribution is 2.22. The Hall–Kier alpha value is -2.56. The fourth-order valence-corrected chi connectivity index (χ4v) is 2.09. The Bertz CT molecular complexity index is 625. The highest BCUT2D eigenvalue weighted by molar-refractivity contribution is 5.69. The van der Waals surface area contributed by atoms with Crippen LogP contribution >= 0.6 is 0 Å². The maximum absolute atomic E-state index is 12.8. The van der Waals surface area contributed by atoms with Gasteiger partial charge in [0.05, 0.1) is 6.54 Å². The average Bonchev–Trinajstić information content (AvgIpc) is 2.89. The summed E-state index contributed by atoms with van der Waals surface area (Å²) in [4.78, 5) is 13.0. The zero-order valence-electron chi connectivity index (χ0n) is 11.3. The van der Waals surface area contributed by atoms with Crippen LogP contribution in [0.5, 0.6) is 11.5 Å². The van der Waals surface area contributed by atoms with Crippen LogP contribution in [0.15, 0.2) is 48.5 Å². The molecule has 1 aliphatic rings. The smallest absolute Gasteiger partial charge is 0.410 e. The number of amides is 1. The molecule has 2 aromatic rings. The minimum Gasteiger partial charge on any atom is -0.457 e. The summed E-state index contributed by atoms with van der Waals surface area (Å²) in [7, 11) is 0. The second kappa shape index (κ2) is 5.83. The molecule has 0 aromatic heterocycles. The molecule has 0 aliphatic carbocycles. The summed E-state index contributed by atoms with van der Waals surface area (Å²) in [6.45, 7) is 1.59. The predicted molar refractivity (Wildman–Crippen MR) is 74.7 cm³/mol. The second-order valence-electron chi connectivity index (χ2n) is 4.74. The van der Waals surface area contributed by atoms with Crippen molar-refractivity contribution in [2.75, 3.05) is 13.2 Å². The van der Waals surface area contributed by atoms with Crippen molar-refractivity contribution >= 4 is 6.09 Å². The van der Waals surface area contributed by atoms with Gasteiger partial charge in [-0.15, -0.1) is 0 Å². The molecule has 0 atom stereocenters. The molecule has 21 heavy (non-hydrogen) atoms. The van der Waals surface area contributed by atoms with Crippen molar-refractivity contribution in [3.63, 3.8) is 0 Å². The third-order valence-electron chi connectivity index (χ3n) is 3.19. The first-order chi connectivity index (χ1) is 10.2. The lowest BCUT2D eigenvalue weighted by atomic mass is 10.2. The van der Waals surface area contributed by atoms with Gasteiger partial charge in [0.1, 0.15) is 23.9 Å². The lowest BCUT2D eigenvalue weighted by Crippen LogP contribution is -2.23. The molecular formula is C16H14FNO3. The highest BCUT2D eigenvalue weighted by Gasteiger charge is 2.21. The highest BCUT2D eigenvalue weighted by atomic mass is 19.1. The van der Waals surface area contributed by atoms with E-state index in [0.29, 0.717) is 31.2 Å². The molecule has 0 saturated carbocycles. The van der Waals surface area contributed by atoms with Gasteiger partial charge in [0.2, 0.25) is 0 Å². The maximum Gasteiger partial charge on any atom is 0.410 e. The molecule has 1 amide bonds. The summed E-state index contributed by atoms with van der Waals surface area (Å²) in [6, 6.07) is 13.3. The molecule has 1 heterocycles. The van der Waals surface area contributed by atoms with Crippen molar-refractivity contribution in [3.05, 3.63) is 59.9 Å². The summed E-state index contributed by atoms with van der Waals surface area (Å²) in [6.07, 6.45) is -0.276. The number of cyclic esters (lactones) is 1. The van der Waals surface area contributed by atoms with Gasteiger partial charge in [-0.2, -0.15) is 0 Å². The first kappa shape index (κ1) is 13.4. The number of halogens is 1. The molecule has 3 rings (SSSR count). The average molecular weight is 287 g/mol. The van der Waals surface area contributed by atoms with E-state index in [9.17, 15) is 9.18 Å². The SMILES string of the molecule is O=C1OCCN1Cc1ccc(Oc2ccc(F)cc2)cc1. The third kappa shape index (κ3) is 3.31. The lowest BCUT2D eigenvalue weighted by Gasteiger charge is -2.13. The quantitative estimate of drug-likeness (QED) is 0.863. The van der Waals surface area contributed by atoms with E-state index in [4.69, 9.17) is 9.47 Å². The Kier molecular flexibility index (Phi) is 3.73. The predicted octanol–water partition coefficient (Wildman–Crippen LogP) is 3.57. The van der Waals surface area contributed by atoms with E-state index in [1.165, 1.54) is 12.1 Å². The van der Waals surface area contributed by atoms with E-state index < -0.39 is 0 Å². The fraction of sp³-hybridized carbons (Fsp3) is 0.188. The number of benzene rings is 2. The van der Waals surface area contributed by atoms with Crippen molar-refractivity contribution < 1.29 is 18.7 Å². The molecule has 4 nitrogen and oxygen atoms in total. The van der Waals surface area contributed by atoms with E-state index in [0.717, 1.165) is 5.56 Å². The maximum atomic E-state index is 12.8. The Balaban J connectivity index is 1.63. The first-order valence-electron chi connectivity index (χ1n) is 6.65. The van der Waals surface area contributed by atoms with Crippen molar-refractivity contribution in [1.29, 1.82) is 0 Å². The van der Waals surface area contributed by atoms with Gasteiger partial charge in [-0.3, -0.25) is 0 Å². The van der Waals surface area contributed by atoms with Gasteiger partial charge in [-0.05, 0) is 42.0 Å². The van der Waals surface area contributed by atoms with Gasteiger partial charge >= 0.3 is 6.09 Å². The van der Waals surface area contributed by atoms with Crippen LogP contribution < -0.4 is 4.74 Å². The molecule has 108 valence electrons. The van der Waals surface area contributed by atoms with Crippen LogP contribution in [0.1, 0.15) is 5.56 Å². The summed E-state index contributed by atoms with van der Waals surface area (Å²) < 4.78 is 23.3. The minimum absolute atomic E-state index is 0.276. The number of nitrogens with zero attached hydrogens (tertiary/aromatic N) is 1.